The summed E-state index contributed by atoms with van der Waals surface area (Å²) in [6, 6.07) is 14.8. The van der Waals surface area contributed by atoms with Crippen molar-refractivity contribution in [3.63, 3.8) is 0 Å². The molecular formula is C17H17BrClN. The van der Waals surface area contributed by atoms with E-state index in [0.29, 0.717) is 5.92 Å². The summed E-state index contributed by atoms with van der Waals surface area (Å²) in [7, 11) is 0. The number of hydrogen-bond acceptors (Lipinski definition) is 1. The average molecular weight is 351 g/mol. The second-order valence-corrected chi connectivity index (χ2v) is 6.56. The minimum Gasteiger partial charge on any atom is -0.384 e. The van der Waals surface area contributed by atoms with Crippen LogP contribution in [0.3, 0.4) is 0 Å². The molecule has 0 fully saturated rings. The lowest BCUT2D eigenvalue weighted by Gasteiger charge is -2.26. The van der Waals surface area contributed by atoms with E-state index in [9.17, 15) is 0 Å². The predicted octanol–water partition coefficient (Wildman–Crippen LogP) is 5.63. The third-order valence-electron chi connectivity index (χ3n) is 3.97. The molecule has 1 N–H and O–H groups in total. The molecule has 1 aliphatic rings. The third kappa shape index (κ3) is 3.02. The molecule has 1 aliphatic carbocycles. The highest BCUT2D eigenvalue weighted by Crippen LogP contribution is 2.32. The van der Waals surface area contributed by atoms with Gasteiger partial charge in [-0.3, -0.25) is 0 Å². The van der Waals surface area contributed by atoms with Gasteiger partial charge in [-0.1, -0.05) is 35.9 Å². The van der Waals surface area contributed by atoms with Crippen molar-refractivity contribution < 1.29 is 0 Å². The number of benzene rings is 2. The highest BCUT2D eigenvalue weighted by Gasteiger charge is 2.19. The molecule has 0 bridgehead atoms. The van der Waals surface area contributed by atoms with Gasteiger partial charge in [-0.05, 0) is 64.5 Å². The summed E-state index contributed by atoms with van der Waals surface area (Å²) < 4.78 is 0.938. The molecule has 1 atom stereocenters. The molecule has 0 aromatic heterocycles. The van der Waals surface area contributed by atoms with Crippen LogP contribution in [-0.2, 0) is 6.42 Å². The van der Waals surface area contributed by atoms with E-state index in [2.05, 4.69) is 51.6 Å². The standard InChI is InChI=1S/C17H17BrClN/c18-16-9-8-14(10-17(16)19)20-11-13-6-3-5-12-4-1-2-7-15(12)13/h1-2,4,7-10,13,20H,3,5-6,11H2. The van der Waals surface area contributed by atoms with Crippen molar-refractivity contribution >= 4 is 33.2 Å². The molecule has 0 radical (unpaired) electrons. The Morgan fingerprint density at radius 3 is 2.90 bits per heavy atom. The van der Waals surface area contributed by atoms with E-state index in [0.717, 1.165) is 21.7 Å². The van der Waals surface area contributed by atoms with Gasteiger partial charge in [0.25, 0.3) is 0 Å². The van der Waals surface area contributed by atoms with Crippen LogP contribution in [-0.4, -0.2) is 6.54 Å². The van der Waals surface area contributed by atoms with Crippen molar-refractivity contribution in [3.05, 3.63) is 63.1 Å². The lowest BCUT2D eigenvalue weighted by Crippen LogP contribution is -2.18. The monoisotopic (exact) mass is 349 g/mol. The van der Waals surface area contributed by atoms with Gasteiger partial charge >= 0.3 is 0 Å². The van der Waals surface area contributed by atoms with E-state index in [4.69, 9.17) is 11.6 Å². The van der Waals surface area contributed by atoms with Gasteiger partial charge in [0, 0.05) is 22.6 Å². The number of rotatable bonds is 3. The van der Waals surface area contributed by atoms with E-state index < -0.39 is 0 Å². The first-order valence-corrected chi connectivity index (χ1v) is 8.18. The van der Waals surface area contributed by atoms with Crippen LogP contribution in [0.15, 0.2) is 46.9 Å². The molecule has 0 spiro atoms. The fraction of sp³-hybridized carbons (Fsp3) is 0.294. The SMILES string of the molecule is Clc1cc(NCC2CCCc3ccccc32)ccc1Br. The van der Waals surface area contributed by atoms with Crippen molar-refractivity contribution in [3.8, 4) is 0 Å². The smallest absolute Gasteiger partial charge is 0.0568 e. The van der Waals surface area contributed by atoms with Gasteiger partial charge < -0.3 is 5.32 Å². The molecule has 104 valence electrons. The number of aryl methyl sites for hydroxylation is 1. The molecule has 0 aliphatic heterocycles. The summed E-state index contributed by atoms with van der Waals surface area (Å²) in [5.74, 6) is 0.599. The summed E-state index contributed by atoms with van der Waals surface area (Å²) >= 11 is 9.55. The van der Waals surface area contributed by atoms with Crippen molar-refractivity contribution in [2.24, 2.45) is 0 Å². The molecule has 20 heavy (non-hydrogen) atoms. The van der Waals surface area contributed by atoms with Crippen LogP contribution in [0.5, 0.6) is 0 Å². The zero-order valence-electron chi connectivity index (χ0n) is 11.2. The molecular weight excluding hydrogens is 334 g/mol. The first-order chi connectivity index (χ1) is 9.74. The molecule has 1 nitrogen and oxygen atoms in total. The van der Waals surface area contributed by atoms with Crippen LogP contribution in [0.2, 0.25) is 5.02 Å². The molecule has 3 heteroatoms. The van der Waals surface area contributed by atoms with Crippen LogP contribution in [0.25, 0.3) is 0 Å². The third-order valence-corrected chi connectivity index (χ3v) is 5.20. The molecule has 3 rings (SSSR count). The van der Waals surface area contributed by atoms with Crippen LogP contribution in [0, 0.1) is 0 Å². The van der Waals surface area contributed by atoms with E-state index in [1.54, 1.807) is 0 Å². The van der Waals surface area contributed by atoms with Gasteiger partial charge in [0.05, 0.1) is 5.02 Å². The second-order valence-electron chi connectivity index (χ2n) is 5.30. The Morgan fingerprint density at radius 2 is 2.05 bits per heavy atom. The largest absolute Gasteiger partial charge is 0.384 e. The number of fused-ring (bicyclic) bond motifs is 1. The summed E-state index contributed by atoms with van der Waals surface area (Å²) in [5.41, 5.74) is 4.11. The van der Waals surface area contributed by atoms with Crippen LogP contribution < -0.4 is 5.32 Å². The van der Waals surface area contributed by atoms with Crippen molar-refractivity contribution in [2.75, 3.05) is 11.9 Å². The highest BCUT2D eigenvalue weighted by molar-refractivity contribution is 9.10. The van der Waals surface area contributed by atoms with Gasteiger partial charge in [0.1, 0.15) is 0 Å². The summed E-state index contributed by atoms with van der Waals surface area (Å²) in [6.07, 6.45) is 3.76. The Kier molecular flexibility index (Phi) is 4.32. The maximum absolute atomic E-state index is 6.13. The van der Waals surface area contributed by atoms with Gasteiger partial charge in [0.2, 0.25) is 0 Å². The predicted molar refractivity (Wildman–Crippen MR) is 89.8 cm³/mol. The quantitative estimate of drug-likeness (QED) is 0.756. The minimum atomic E-state index is 0.599. The van der Waals surface area contributed by atoms with Gasteiger partial charge in [-0.25, -0.2) is 0 Å². The van der Waals surface area contributed by atoms with Gasteiger partial charge in [0.15, 0.2) is 0 Å². The van der Waals surface area contributed by atoms with Crippen LogP contribution >= 0.6 is 27.5 Å². The lowest BCUT2D eigenvalue weighted by molar-refractivity contribution is 0.572. The van der Waals surface area contributed by atoms with Gasteiger partial charge in [-0.15, -0.1) is 0 Å². The van der Waals surface area contributed by atoms with E-state index >= 15 is 0 Å². The number of anilines is 1. The van der Waals surface area contributed by atoms with E-state index in [-0.39, 0.29) is 0 Å². The van der Waals surface area contributed by atoms with Crippen LogP contribution in [0.4, 0.5) is 5.69 Å². The number of hydrogen-bond donors (Lipinski definition) is 1. The fourth-order valence-corrected chi connectivity index (χ4v) is 3.34. The van der Waals surface area contributed by atoms with E-state index in [1.807, 2.05) is 12.1 Å². The maximum atomic E-state index is 6.13. The van der Waals surface area contributed by atoms with Gasteiger partial charge in [-0.2, -0.15) is 0 Å². The molecule has 0 amide bonds. The molecule has 0 saturated heterocycles. The second kappa shape index (κ2) is 6.19. The first kappa shape index (κ1) is 14.0. The molecule has 2 aromatic carbocycles. The van der Waals surface area contributed by atoms with Crippen molar-refractivity contribution in [1.82, 2.24) is 0 Å². The highest BCUT2D eigenvalue weighted by atomic mass is 79.9. The Bertz CT molecular complexity index is 612. The molecule has 2 aromatic rings. The van der Waals surface area contributed by atoms with E-state index in [1.165, 1.54) is 30.4 Å². The van der Waals surface area contributed by atoms with Crippen molar-refractivity contribution in [1.29, 1.82) is 0 Å². The lowest BCUT2D eigenvalue weighted by atomic mass is 9.83. The maximum Gasteiger partial charge on any atom is 0.0568 e. The summed E-state index contributed by atoms with van der Waals surface area (Å²) in [5, 5.41) is 4.27. The Balaban J connectivity index is 1.71. The Labute approximate surface area is 133 Å². The summed E-state index contributed by atoms with van der Waals surface area (Å²) in [4.78, 5) is 0. The molecule has 0 heterocycles. The zero-order valence-corrected chi connectivity index (χ0v) is 13.5. The Hall–Kier alpha value is -0.990. The number of halogens is 2. The fourth-order valence-electron chi connectivity index (χ4n) is 2.91. The zero-order chi connectivity index (χ0) is 13.9. The number of nitrogens with one attached hydrogen (secondary N) is 1. The topological polar surface area (TPSA) is 12.0 Å². The minimum absolute atomic E-state index is 0.599. The molecule has 0 saturated carbocycles. The Morgan fingerprint density at radius 1 is 1.20 bits per heavy atom. The first-order valence-electron chi connectivity index (χ1n) is 7.01. The summed E-state index contributed by atoms with van der Waals surface area (Å²) in [6.45, 7) is 0.967. The normalized spacial score (nSPS) is 17.6. The van der Waals surface area contributed by atoms with Crippen molar-refractivity contribution in [2.45, 2.75) is 25.2 Å². The van der Waals surface area contributed by atoms with Crippen LogP contribution in [0.1, 0.15) is 29.9 Å². The molecule has 1 unspecified atom stereocenters. The average Bonchev–Trinajstić information content (AvgIpc) is 2.48.